The van der Waals surface area contributed by atoms with Gasteiger partial charge >= 0.3 is 0 Å². The van der Waals surface area contributed by atoms with Gasteiger partial charge in [0.05, 0.1) is 0 Å². The van der Waals surface area contributed by atoms with Crippen LogP contribution >= 0.6 is 11.6 Å². The zero-order valence-electron chi connectivity index (χ0n) is 10.9. The molecule has 0 saturated carbocycles. The Labute approximate surface area is 113 Å². The Morgan fingerprint density at radius 3 is 2.17 bits per heavy atom. The largest absolute Gasteiger partial charge is 0.295 e. The zero-order chi connectivity index (χ0) is 13.5. The van der Waals surface area contributed by atoms with Gasteiger partial charge in [0.1, 0.15) is 11.6 Å². The van der Waals surface area contributed by atoms with E-state index in [2.05, 4.69) is 18.7 Å². The highest BCUT2D eigenvalue weighted by Crippen LogP contribution is 2.18. The van der Waals surface area contributed by atoms with E-state index in [0.29, 0.717) is 18.5 Å². The van der Waals surface area contributed by atoms with Crippen molar-refractivity contribution in [3.05, 3.63) is 35.4 Å². The van der Waals surface area contributed by atoms with Crippen molar-refractivity contribution in [2.75, 3.05) is 12.4 Å². The van der Waals surface area contributed by atoms with Gasteiger partial charge in [-0.3, -0.25) is 4.90 Å². The monoisotopic (exact) mass is 275 g/mol. The maximum atomic E-state index is 13.6. The Morgan fingerprint density at radius 1 is 1.17 bits per heavy atom. The maximum absolute atomic E-state index is 13.6. The Balaban J connectivity index is 2.89. The quantitative estimate of drug-likeness (QED) is 0.674. The van der Waals surface area contributed by atoms with E-state index in [4.69, 9.17) is 11.6 Å². The number of rotatable bonds is 7. The minimum atomic E-state index is -0.486. The molecule has 4 heteroatoms. The molecule has 0 radical (unpaired) electrons. The summed E-state index contributed by atoms with van der Waals surface area (Å²) >= 11 is 5.77. The second-order valence-corrected chi connectivity index (χ2v) is 4.71. The normalized spacial score (nSPS) is 11.5. The van der Waals surface area contributed by atoms with Crippen LogP contribution in [-0.4, -0.2) is 23.4 Å². The lowest BCUT2D eigenvalue weighted by molar-refractivity contribution is 0.183. The van der Waals surface area contributed by atoms with Gasteiger partial charge in [-0.2, -0.15) is 0 Å². The molecule has 0 spiro atoms. The first-order valence-corrected chi connectivity index (χ1v) is 6.90. The number of hydrogen-bond acceptors (Lipinski definition) is 1. The van der Waals surface area contributed by atoms with Crippen LogP contribution in [0, 0.1) is 11.6 Å². The summed E-state index contributed by atoms with van der Waals surface area (Å²) in [5, 5.41) is 0. The van der Waals surface area contributed by atoms with Crippen LogP contribution in [0.25, 0.3) is 0 Å². The van der Waals surface area contributed by atoms with Crippen LogP contribution in [0.4, 0.5) is 8.78 Å². The van der Waals surface area contributed by atoms with Gasteiger partial charge in [-0.25, -0.2) is 8.78 Å². The van der Waals surface area contributed by atoms with Gasteiger partial charge in [0.15, 0.2) is 0 Å². The average Bonchev–Trinajstić information content (AvgIpc) is 2.35. The third kappa shape index (κ3) is 3.92. The van der Waals surface area contributed by atoms with E-state index in [-0.39, 0.29) is 12.1 Å². The van der Waals surface area contributed by atoms with E-state index in [1.165, 1.54) is 18.2 Å². The molecule has 0 saturated heterocycles. The van der Waals surface area contributed by atoms with Gasteiger partial charge in [-0.1, -0.05) is 19.9 Å². The third-order valence-electron chi connectivity index (χ3n) is 3.25. The zero-order valence-corrected chi connectivity index (χ0v) is 11.7. The fourth-order valence-electron chi connectivity index (χ4n) is 2.19. The van der Waals surface area contributed by atoms with Crippen molar-refractivity contribution in [1.29, 1.82) is 0 Å². The number of hydrogen-bond donors (Lipinski definition) is 0. The number of alkyl halides is 1. The molecule has 1 aromatic carbocycles. The van der Waals surface area contributed by atoms with E-state index in [1.807, 2.05) is 0 Å². The predicted molar refractivity (Wildman–Crippen MR) is 71.9 cm³/mol. The molecule has 1 rings (SSSR count). The first-order chi connectivity index (χ1) is 8.63. The minimum Gasteiger partial charge on any atom is -0.295 e. The van der Waals surface area contributed by atoms with Crippen LogP contribution in [0.5, 0.6) is 0 Å². The van der Waals surface area contributed by atoms with Crippen molar-refractivity contribution in [3.63, 3.8) is 0 Å². The second kappa shape index (κ2) is 7.70. The number of nitrogens with zero attached hydrogens (tertiary/aromatic N) is 1. The molecule has 0 amide bonds. The van der Waals surface area contributed by atoms with Crippen molar-refractivity contribution in [1.82, 2.24) is 4.90 Å². The Kier molecular flexibility index (Phi) is 6.58. The highest BCUT2D eigenvalue weighted by molar-refractivity contribution is 6.18. The van der Waals surface area contributed by atoms with Gasteiger partial charge in [-0.05, 0) is 25.0 Å². The molecule has 18 heavy (non-hydrogen) atoms. The smallest absolute Gasteiger partial charge is 0.130 e. The van der Waals surface area contributed by atoms with Crippen LogP contribution < -0.4 is 0 Å². The molecule has 1 nitrogen and oxygen atoms in total. The van der Waals surface area contributed by atoms with Crippen LogP contribution in [0.1, 0.15) is 32.3 Å². The van der Waals surface area contributed by atoms with E-state index in [0.717, 1.165) is 12.8 Å². The van der Waals surface area contributed by atoms with Crippen LogP contribution in [-0.2, 0) is 6.54 Å². The first-order valence-electron chi connectivity index (χ1n) is 6.36. The van der Waals surface area contributed by atoms with Crippen LogP contribution in [0.15, 0.2) is 18.2 Å². The van der Waals surface area contributed by atoms with E-state index >= 15 is 0 Å². The lowest BCUT2D eigenvalue weighted by Gasteiger charge is -2.30. The van der Waals surface area contributed by atoms with Crippen molar-refractivity contribution in [3.8, 4) is 0 Å². The summed E-state index contributed by atoms with van der Waals surface area (Å²) in [6.07, 6.45) is 1.90. The molecule has 0 fully saturated rings. The Morgan fingerprint density at radius 2 is 1.72 bits per heavy atom. The van der Waals surface area contributed by atoms with Gasteiger partial charge in [0, 0.05) is 30.6 Å². The predicted octanol–water partition coefficient (Wildman–Crippen LogP) is 4.19. The Hall–Kier alpha value is -0.670. The lowest BCUT2D eigenvalue weighted by atomic mass is 10.1. The SMILES string of the molecule is CCC(CC)N(CCCl)Cc1c(F)cccc1F. The van der Waals surface area contributed by atoms with Gasteiger partial charge < -0.3 is 0 Å². The summed E-state index contributed by atoms with van der Waals surface area (Å²) in [5.74, 6) is -0.506. The molecular formula is C14H20ClF2N. The van der Waals surface area contributed by atoms with Crippen molar-refractivity contribution < 1.29 is 8.78 Å². The molecule has 0 atom stereocenters. The second-order valence-electron chi connectivity index (χ2n) is 4.33. The van der Waals surface area contributed by atoms with E-state index in [9.17, 15) is 8.78 Å². The van der Waals surface area contributed by atoms with E-state index in [1.54, 1.807) is 0 Å². The molecule has 1 aromatic rings. The standard InChI is InChI=1S/C14H20ClF2N/c1-3-11(4-2)18(9-8-15)10-12-13(16)6-5-7-14(12)17/h5-7,11H,3-4,8-10H2,1-2H3. The molecule has 0 aliphatic heterocycles. The van der Waals surface area contributed by atoms with Crippen molar-refractivity contribution >= 4 is 11.6 Å². The van der Waals surface area contributed by atoms with Crippen molar-refractivity contribution in [2.24, 2.45) is 0 Å². The summed E-state index contributed by atoms with van der Waals surface area (Å²) in [7, 11) is 0. The maximum Gasteiger partial charge on any atom is 0.130 e. The summed E-state index contributed by atoms with van der Waals surface area (Å²) in [5.41, 5.74) is 0.134. The third-order valence-corrected chi connectivity index (χ3v) is 3.42. The molecule has 0 heterocycles. The fourth-order valence-corrected chi connectivity index (χ4v) is 2.41. The highest BCUT2D eigenvalue weighted by Gasteiger charge is 2.18. The van der Waals surface area contributed by atoms with Gasteiger partial charge in [0.25, 0.3) is 0 Å². The van der Waals surface area contributed by atoms with Crippen LogP contribution in [0.2, 0.25) is 0 Å². The van der Waals surface area contributed by atoms with E-state index < -0.39 is 11.6 Å². The van der Waals surface area contributed by atoms with Gasteiger partial charge in [0.2, 0.25) is 0 Å². The summed E-state index contributed by atoms with van der Waals surface area (Å²) in [4.78, 5) is 2.05. The molecule has 0 aliphatic carbocycles. The molecule has 0 aliphatic rings. The Bertz CT molecular complexity index is 347. The van der Waals surface area contributed by atoms with Gasteiger partial charge in [-0.15, -0.1) is 11.6 Å². The molecule has 0 bridgehead atoms. The molecule has 0 aromatic heterocycles. The molecular weight excluding hydrogens is 256 g/mol. The summed E-state index contributed by atoms with van der Waals surface area (Å²) < 4.78 is 27.2. The minimum absolute atomic E-state index is 0.134. The summed E-state index contributed by atoms with van der Waals surface area (Å²) in [6, 6.07) is 4.29. The fraction of sp³-hybridized carbons (Fsp3) is 0.571. The van der Waals surface area contributed by atoms with Crippen molar-refractivity contribution in [2.45, 2.75) is 39.3 Å². The first kappa shape index (κ1) is 15.4. The number of halogens is 3. The topological polar surface area (TPSA) is 3.24 Å². The molecule has 0 unspecified atom stereocenters. The van der Waals surface area contributed by atoms with Crippen LogP contribution in [0.3, 0.4) is 0 Å². The highest BCUT2D eigenvalue weighted by atomic mass is 35.5. The average molecular weight is 276 g/mol. The number of benzene rings is 1. The molecule has 102 valence electrons. The molecule has 0 N–H and O–H groups in total. The summed E-state index contributed by atoms with van der Waals surface area (Å²) in [6.45, 7) is 5.07. The lowest BCUT2D eigenvalue weighted by Crippen LogP contribution is -2.36.